The van der Waals surface area contributed by atoms with Gasteiger partial charge in [0, 0.05) is 5.75 Å². The lowest BCUT2D eigenvalue weighted by molar-refractivity contribution is -0.216. The van der Waals surface area contributed by atoms with E-state index in [2.05, 4.69) is 0 Å². The van der Waals surface area contributed by atoms with Crippen LogP contribution in [0.4, 0.5) is 4.39 Å². The Morgan fingerprint density at radius 2 is 2.43 bits per heavy atom. The zero-order valence-electron chi connectivity index (χ0n) is 3.61. The van der Waals surface area contributed by atoms with Crippen molar-refractivity contribution < 1.29 is 9.50 Å². The Hall–Kier alpha value is -0.250. The van der Waals surface area contributed by atoms with Crippen molar-refractivity contribution >= 4 is 17.7 Å². The molecule has 0 atom stereocenters. The molecular weight excluding hydrogens is 116 g/mol. The fourth-order valence-electron chi connectivity index (χ4n) is 0.131. The zero-order valence-corrected chi connectivity index (χ0v) is 4.43. The van der Waals surface area contributed by atoms with Crippen molar-refractivity contribution in [2.45, 2.75) is 0 Å². The van der Waals surface area contributed by atoms with Gasteiger partial charge in [0.1, 0.15) is 6.01 Å². The fraction of sp³-hybridized carbons (Fsp3) is 0.667. The third kappa shape index (κ3) is 5.75. The van der Waals surface area contributed by atoms with Gasteiger partial charge in [0.15, 0.2) is 0 Å². The summed E-state index contributed by atoms with van der Waals surface area (Å²) in [5.74, 6) is -0.751. The average Bonchev–Trinajstić information content (AvgIpc) is 1.61. The van der Waals surface area contributed by atoms with E-state index in [1.807, 2.05) is 0 Å². The van der Waals surface area contributed by atoms with E-state index >= 15 is 0 Å². The molecule has 7 heavy (non-hydrogen) atoms. The minimum atomic E-state index is -0.720. The Labute approximate surface area is 45.2 Å². The van der Waals surface area contributed by atoms with Crippen LogP contribution in [0.3, 0.4) is 0 Å². The highest BCUT2D eigenvalue weighted by Crippen LogP contribution is 1.96. The van der Waals surface area contributed by atoms with Crippen LogP contribution in [0.1, 0.15) is 0 Å². The molecule has 0 bridgehead atoms. The molecule has 0 heterocycles. The number of hydrogen-bond acceptors (Lipinski definition) is 3. The summed E-state index contributed by atoms with van der Waals surface area (Å²) >= 11 is 0.812. The maximum absolute atomic E-state index is 11.1. The van der Waals surface area contributed by atoms with Crippen molar-refractivity contribution in [1.82, 2.24) is 0 Å². The van der Waals surface area contributed by atoms with Crippen LogP contribution in [0.25, 0.3) is 0 Å². The van der Waals surface area contributed by atoms with Gasteiger partial charge in [-0.3, -0.25) is 0 Å². The number of nitrogens with one attached hydrogen (secondary N) is 1. The predicted octanol–water partition coefficient (Wildman–Crippen LogP) is -0.0158. The first-order chi connectivity index (χ1) is 3.27. The van der Waals surface area contributed by atoms with E-state index in [4.69, 9.17) is 5.41 Å². The SMILES string of the molecule is N=C([O-])CSC[18F]. The molecule has 0 fully saturated rings. The largest absolute Gasteiger partial charge is 0.862 e. The van der Waals surface area contributed by atoms with Crippen molar-refractivity contribution in [3.05, 3.63) is 0 Å². The number of rotatable bonds is 3. The van der Waals surface area contributed by atoms with Crippen LogP contribution in [0.5, 0.6) is 0 Å². The lowest BCUT2D eigenvalue weighted by Gasteiger charge is -2.01. The van der Waals surface area contributed by atoms with Gasteiger partial charge in [0.2, 0.25) is 0 Å². The molecule has 0 radical (unpaired) electrons. The molecule has 0 aromatic carbocycles. The van der Waals surface area contributed by atoms with Crippen LogP contribution in [0.2, 0.25) is 0 Å². The minimum Gasteiger partial charge on any atom is -0.862 e. The van der Waals surface area contributed by atoms with E-state index in [1.165, 1.54) is 0 Å². The zero-order chi connectivity index (χ0) is 5.70. The van der Waals surface area contributed by atoms with Crippen molar-refractivity contribution in [2.75, 3.05) is 11.8 Å². The molecule has 2 nitrogen and oxygen atoms in total. The van der Waals surface area contributed by atoms with E-state index in [0.717, 1.165) is 11.8 Å². The molecule has 0 aromatic heterocycles. The first-order valence-electron chi connectivity index (χ1n) is 1.65. The van der Waals surface area contributed by atoms with Gasteiger partial charge in [-0.2, -0.15) is 0 Å². The van der Waals surface area contributed by atoms with E-state index < -0.39 is 11.9 Å². The smallest absolute Gasteiger partial charge is 0.135 e. The van der Waals surface area contributed by atoms with Crippen molar-refractivity contribution in [2.24, 2.45) is 0 Å². The van der Waals surface area contributed by atoms with Gasteiger partial charge in [-0.15, -0.1) is 11.8 Å². The van der Waals surface area contributed by atoms with E-state index in [1.54, 1.807) is 0 Å². The molecule has 42 valence electrons. The van der Waals surface area contributed by atoms with E-state index in [9.17, 15) is 9.50 Å². The number of hydrogen-bond donors (Lipinski definition) is 1. The lowest BCUT2D eigenvalue weighted by Crippen LogP contribution is -2.17. The van der Waals surface area contributed by atoms with Crippen LogP contribution >= 0.6 is 11.8 Å². The molecule has 4 heteroatoms. The molecule has 0 aliphatic rings. The Kier molecular flexibility index (Phi) is 3.78. The summed E-state index contributed by atoms with van der Waals surface area (Å²) in [4.78, 5) is 0. The summed E-state index contributed by atoms with van der Waals surface area (Å²) < 4.78 is 11.1. The molecule has 0 aliphatic carbocycles. The molecule has 0 saturated heterocycles. The topological polar surface area (TPSA) is 46.9 Å². The van der Waals surface area contributed by atoms with E-state index in [-0.39, 0.29) is 5.75 Å². The van der Waals surface area contributed by atoms with Crippen LogP contribution < -0.4 is 5.11 Å². The Morgan fingerprint density at radius 1 is 1.86 bits per heavy atom. The second-order valence-corrected chi connectivity index (χ2v) is 1.80. The quantitative estimate of drug-likeness (QED) is 0.421. The predicted molar refractivity (Wildman–Crippen MR) is 26.2 cm³/mol. The van der Waals surface area contributed by atoms with Crippen molar-refractivity contribution in [1.29, 1.82) is 5.41 Å². The Bertz CT molecular complexity index is 68.0. The molecule has 0 aromatic rings. The summed E-state index contributed by atoms with van der Waals surface area (Å²) in [6.45, 7) is 0. The van der Waals surface area contributed by atoms with Crippen LogP contribution in [0.15, 0.2) is 0 Å². The summed E-state index contributed by atoms with van der Waals surface area (Å²) in [5, 5.41) is 15.9. The van der Waals surface area contributed by atoms with Gasteiger partial charge in [0.25, 0.3) is 0 Å². The summed E-state index contributed by atoms with van der Waals surface area (Å²) in [7, 11) is 0. The normalized spacial score (nSPS) is 8.71. The second kappa shape index (κ2) is 3.92. The van der Waals surface area contributed by atoms with Crippen LogP contribution in [-0.2, 0) is 0 Å². The van der Waals surface area contributed by atoms with Gasteiger partial charge in [-0.25, -0.2) is 4.39 Å². The molecule has 0 saturated carbocycles. The van der Waals surface area contributed by atoms with Crippen molar-refractivity contribution in [3.63, 3.8) is 0 Å². The molecule has 0 amide bonds. The highest BCUT2D eigenvalue weighted by molar-refractivity contribution is 7.99. The number of halogens is 1. The molecule has 0 unspecified atom stereocenters. The molecule has 0 rings (SSSR count). The standard InChI is InChI=1S/C3H6FNOS/c4-2-7-1-3(5)6/h1-2H2,(H2,5,6)/p-1/i4-1. The minimum absolute atomic E-state index is 0.0312. The molecule has 1 N–H and O–H groups in total. The maximum Gasteiger partial charge on any atom is 0.135 e. The Morgan fingerprint density at radius 3 is 2.57 bits per heavy atom. The first kappa shape index (κ1) is 6.75. The van der Waals surface area contributed by atoms with Crippen LogP contribution in [-0.4, -0.2) is 17.7 Å². The third-order valence-corrected chi connectivity index (χ3v) is 0.931. The van der Waals surface area contributed by atoms with Gasteiger partial charge in [0.05, 0.1) is 0 Å². The number of alkyl halides is 1. The first-order valence-corrected chi connectivity index (χ1v) is 2.81. The molecule has 0 spiro atoms. The van der Waals surface area contributed by atoms with Gasteiger partial charge in [-0.05, 0) is 5.90 Å². The van der Waals surface area contributed by atoms with Crippen molar-refractivity contribution in [3.8, 4) is 0 Å². The van der Waals surface area contributed by atoms with Gasteiger partial charge in [-0.1, -0.05) is 0 Å². The highest BCUT2D eigenvalue weighted by atomic mass is 32.2. The monoisotopic (exact) mass is 121 g/mol. The van der Waals surface area contributed by atoms with Gasteiger partial charge >= 0.3 is 0 Å². The number of thioether (sulfide) groups is 1. The lowest BCUT2D eigenvalue weighted by atomic mass is 10.8. The molecular formula is C3H5FNOS-. The third-order valence-electron chi connectivity index (χ3n) is 0.310. The highest BCUT2D eigenvalue weighted by Gasteiger charge is 1.80. The van der Waals surface area contributed by atoms with E-state index in [0.29, 0.717) is 0 Å². The maximum atomic E-state index is 11.1. The fourth-order valence-corrected chi connectivity index (χ4v) is 0.394. The average molecular weight is 121 g/mol. The van der Waals surface area contributed by atoms with Crippen LogP contribution in [0, 0.1) is 5.41 Å². The summed E-state index contributed by atoms with van der Waals surface area (Å²) in [6, 6.07) is -0.579. The Balaban J connectivity index is 2.82. The second-order valence-electron chi connectivity index (χ2n) is 0.881. The summed E-state index contributed by atoms with van der Waals surface area (Å²) in [5.41, 5.74) is 0. The van der Waals surface area contributed by atoms with Gasteiger partial charge < -0.3 is 10.5 Å². The summed E-state index contributed by atoms with van der Waals surface area (Å²) in [6.07, 6.45) is 0. The molecule has 0 aliphatic heterocycles.